The Bertz CT molecular complexity index is 900. The second kappa shape index (κ2) is 6.51. The number of aryl methyl sites for hydroxylation is 1. The van der Waals surface area contributed by atoms with Gasteiger partial charge in [0.2, 0.25) is 5.91 Å². The molecule has 0 bridgehead atoms. The summed E-state index contributed by atoms with van der Waals surface area (Å²) in [6.45, 7) is 1.25. The highest BCUT2D eigenvalue weighted by Gasteiger charge is 2.32. The van der Waals surface area contributed by atoms with Gasteiger partial charge in [0, 0.05) is 31.4 Å². The number of rotatable bonds is 4. The highest BCUT2D eigenvalue weighted by molar-refractivity contribution is 5.93. The van der Waals surface area contributed by atoms with Crippen LogP contribution in [0.15, 0.2) is 43.0 Å². The van der Waals surface area contributed by atoms with Crippen molar-refractivity contribution in [2.45, 2.75) is 25.4 Å². The fourth-order valence-electron chi connectivity index (χ4n) is 3.36. The molecule has 0 aliphatic carbocycles. The summed E-state index contributed by atoms with van der Waals surface area (Å²) in [6.07, 6.45) is 6.97. The Labute approximate surface area is 145 Å². The number of aromatic nitrogens is 4. The molecule has 3 aromatic rings. The van der Waals surface area contributed by atoms with Gasteiger partial charge in [0.05, 0.1) is 12.1 Å². The fraction of sp³-hybridized carbons (Fsp3) is 0.333. The van der Waals surface area contributed by atoms with Gasteiger partial charge in [0.25, 0.3) is 0 Å². The monoisotopic (exact) mass is 336 g/mol. The van der Waals surface area contributed by atoms with Crippen molar-refractivity contribution in [3.8, 4) is 0 Å². The number of hydrogen-bond acceptors (Lipinski definition) is 5. The Balaban J connectivity index is 1.55. The zero-order valence-corrected chi connectivity index (χ0v) is 14.1. The SMILES string of the molecule is Cn1ccnc1CNC(=O)C1CCCN1c1ncnc2ccccc12. The van der Waals surface area contributed by atoms with E-state index >= 15 is 0 Å². The highest BCUT2D eigenvalue weighted by Crippen LogP contribution is 2.29. The van der Waals surface area contributed by atoms with Crippen LogP contribution in [-0.2, 0) is 18.4 Å². The van der Waals surface area contributed by atoms with Gasteiger partial charge in [0.15, 0.2) is 0 Å². The van der Waals surface area contributed by atoms with Gasteiger partial charge in [-0.15, -0.1) is 0 Å². The summed E-state index contributed by atoms with van der Waals surface area (Å²) < 4.78 is 1.91. The third-order valence-electron chi connectivity index (χ3n) is 4.69. The van der Waals surface area contributed by atoms with Gasteiger partial charge in [-0.05, 0) is 25.0 Å². The van der Waals surface area contributed by atoms with E-state index in [0.29, 0.717) is 6.54 Å². The molecule has 1 aliphatic rings. The highest BCUT2D eigenvalue weighted by atomic mass is 16.2. The van der Waals surface area contributed by atoms with E-state index < -0.39 is 0 Å². The number of carbonyl (C=O) groups excluding carboxylic acids is 1. The smallest absolute Gasteiger partial charge is 0.243 e. The maximum atomic E-state index is 12.7. The van der Waals surface area contributed by atoms with Crippen LogP contribution >= 0.6 is 0 Å². The van der Waals surface area contributed by atoms with Gasteiger partial charge in [-0.25, -0.2) is 15.0 Å². The van der Waals surface area contributed by atoms with Crippen LogP contribution in [0.3, 0.4) is 0 Å². The van der Waals surface area contributed by atoms with Crippen LogP contribution in [0, 0.1) is 0 Å². The van der Waals surface area contributed by atoms with Crippen LogP contribution in [0.1, 0.15) is 18.7 Å². The molecule has 1 fully saturated rings. The second-order valence-electron chi connectivity index (χ2n) is 6.24. The number of fused-ring (bicyclic) bond motifs is 1. The number of hydrogen-bond donors (Lipinski definition) is 1. The average molecular weight is 336 g/mol. The number of nitrogens with zero attached hydrogens (tertiary/aromatic N) is 5. The molecule has 1 amide bonds. The van der Waals surface area contributed by atoms with Crippen LogP contribution in [0.4, 0.5) is 5.82 Å². The van der Waals surface area contributed by atoms with E-state index in [2.05, 4.69) is 25.2 Å². The van der Waals surface area contributed by atoms with Crippen molar-refractivity contribution < 1.29 is 4.79 Å². The summed E-state index contributed by atoms with van der Waals surface area (Å²) in [5.41, 5.74) is 0.895. The Morgan fingerprint density at radius 3 is 3.00 bits per heavy atom. The molecule has 0 spiro atoms. The Kier molecular flexibility index (Phi) is 4.05. The minimum absolute atomic E-state index is 0.0168. The van der Waals surface area contributed by atoms with Gasteiger partial charge >= 0.3 is 0 Å². The zero-order chi connectivity index (χ0) is 17.2. The average Bonchev–Trinajstić information content (AvgIpc) is 3.28. The van der Waals surface area contributed by atoms with E-state index in [1.165, 1.54) is 0 Å². The number of imidazole rings is 1. The van der Waals surface area contributed by atoms with Gasteiger partial charge in [-0.1, -0.05) is 12.1 Å². The molecule has 7 heteroatoms. The van der Waals surface area contributed by atoms with Gasteiger partial charge in [0.1, 0.15) is 24.0 Å². The fourth-order valence-corrected chi connectivity index (χ4v) is 3.36. The molecule has 1 aromatic carbocycles. The molecule has 1 atom stereocenters. The number of anilines is 1. The Hall–Kier alpha value is -2.96. The van der Waals surface area contributed by atoms with E-state index in [1.807, 2.05) is 42.1 Å². The summed E-state index contributed by atoms with van der Waals surface area (Å²) in [5.74, 6) is 1.69. The van der Waals surface area contributed by atoms with E-state index in [1.54, 1.807) is 12.5 Å². The predicted molar refractivity (Wildman–Crippen MR) is 95.0 cm³/mol. The third-order valence-corrected chi connectivity index (χ3v) is 4.69. The summed E-state index contributed by atoms with van der Waals surface area (Å²) in [4.78, 5) is 27.9. The molecule has 1 N–H and O–H groups in total. The summed E-state index contributed by atoms with van der Waals surface area (Å²) in [7, 11) is 1.92. The quantitative estimate of drug-likeness (QED) is 0.784. The Morgan fingerprint density at radius 1 is 1.28 bits per heavy atom. The molecule has 3 heterocycles. The van der Waals surface area contributed by atoms with Crippen molar-refractivity contribution in [1.82, 2.24) is 24.8 Å². The number of carbonyl (C=O) groups is 1. The van der Waals surface area contributed by atoms with Crippen LogP contribution in [-0.4, -0.2) is 38.0 Å². The van der Waals surface area contributed by atoms with E-state index in [-0.39, 0.29) is 11.9 Å². The summed E-state index contributed by atoms with van der Waals surface area (Å²) >= 11 is 0. The molecular formula is C18H20N6O. The summed E-state index contributed by atoms with van der Waals surface area (Å²) in [5, 5.41) is 3.99. The first-order valence-corrected chi connectivity index (χ1v) is 8.44. The van der Waals surface area contributed by atoms with Crippen molar-refractivity contribution in [3.63, 3.8) is 0 Å². The van der Waals surface area contributed by atoms with E-state index in [0.717, 1.165) is 41.9 Å². The minimum atomic E-state index is -0.210. The third kappa shape index (κ3) is 2.93. The molecule has 0 saturated carbocycles. The van der Waals surface area contributed by atoms with Gasteiger partial charge in [-0.3, -0.25) is 4.79 Å². The Morgan fingerprint density at radius 2 is 2.16 bits per heavy atom. The number of benzene rings is 1. The van der Waals surface area contributed by atoms with Crippen molar-refractivity contribution in [1.29, 1.82) is 0 Å². The van der Waals surface area contributed by atoms with Crippen LogP contribution in [0.2, 0.25) is 0 Å². The lowest BCUT2D eigenvalue weighted by atomic mass is 10.2. The maximum absolute atomic E-state index is 12.7. The normalized spacial score (nSPS) is 17.2. The van der Waals surface area contributed by atoms with Gasteiger partial charge < -0.3 is 14.8 Å². The molecule has 0 radical (unpaired) electrons. The predicted octanol–water partition coefficient (Wildman–Crippen LogP) is 1.65. The molecule has 4 rings (SSSR count). The zero-order valence-electron chi connectivity index (χ0n) is 14.1. The molecule has 128 valence electrons. The first kappa shape index (κ1) is 15.6. The van der Waals surface area contributed by atoms with E-state index in [4.69, 9.17) is 0 Å². The molecule has 1 unspecified atom stereocenters. The van der Waals surface area contributed by atoms with Crippen molar-refractivity contribution in [3.05, 3.63) is 48.8 Å². The summed E-state index contributed by atoms with van der Waals surface area (Å²) in [6, 6.07) is 7.69. The topological polar surface area (TPSA) is 75.9 Å². The van der Waals surface area contributed by atoms with Gasteiger partial charge in [-0.2, -0.15) is 0 Å². The molecule has 1 aliphatic heterocycles. The van der Waals surface area contributed by atoms with Crippen molar-refractivity contribution in [2.75, 3.05) is 11.4 Å². The first-order chi connectivity index (χ1) is 12.2. The first-order valence-electron chi connectivity index (χ1n) is 8.44. The second-order valence-corrected chi connectivity index (χ2v) is 6.24. The number of nitrogens with one attached hydrogen (secondary N) is 1. The molecule has 2 aromatic heterocycles. The van der Waals surface area contributed by atoms with Crippen LogP contribution < -0.4 is 10.2 Å². The lowest BCUT2D eigenvalue weighted by Gasteiger charge is -2.25. The van der Waals surface area contributed by atoms with Crippen molar-refractivity contribution >= 4 is 22.6 Å². The molecule has 1 saturated heterocycles. The van der Waals surface area contributed by atoms with Crippen molar-refractivity contribution in [2.24, 2.45) is 7.05 Å². The van der Waals surface area contributed by atoms with Crippen LogP contribution in [0.25, 0.3) is 10.9 Å². The molecular weight excluding hydrogens is 316 g/mol. The molecule has 7 nitrogen and oxygen atoms in total. The largest absolute Gasteiger partial charge is 0.347 e. The standard InChI is InChI=1S/C18H20N6O/c1-23-10-8-19-16(23)11-20-18(25)15-7-4-9-24(15)17-13-5-2-3-6-14(13)21-12-22-17/h2-3,5-6,8,10,12,15H,4,7,9,11H2,1H3,(H,20,25). The van der Waals surface area contributed by atoms with E-state index in [9.17, 15) is 4.79 Å². The van der Waals surface area contributed by atoms with Crippen LogP contribution in [0.5, 0.6) is 0 Å². The maximum Gasteiger partial charge on any atom is 0.243 e. The number of para-hydroxylation sites is 1. The molecule has 25 heavy (non-hydrogen) atoms. The minimum Gasteiger partial charge on any atom is -0.347 e. The lowest BCUT2D eigenvalue weighted by molar-refractivity contribution is -0.122. The number of amides is 1. The lowest BCUT2D eigenvalue weighted by Crippen LogP contribution is -2.43.